The average molecular weight is 484 g/mol. The number of fused-ring (bicyclic) bond motifs is 1. The van der Waals surface area contributed by atoms with E-state index >= 15 is 0 Å². The third-order valence-corrected chi connectivity index (χ3v) is 8.34. The van der Waals surface area contributed by atoms with Gasteiger partial charge in [-0.1, -0.05) is 39.7 Å². The van der Waals surface area contributed by atoms with Gasteiger partial charge in [0.1, 0.15) is 0 Å². The Hall–Kier alpha value is -1.92. The molecule has 1 aromatic carbocycles. The van der Waals surface area contributed by atoms with E-state index in [1.165, 1.54) is 31.2 Å². The highest BCUT2D eigenvalue weighted by molar-refractivity contribution is 5.88. The molecular formula is C29H45N3O3. The van der Waals surface area contributed by atoms with E-state index in [1.807, 2.05) is 0 Å². The van der Waals surface area contributed by atoms with E-state index in [1.54, 1.807) is 4.90 Å². The molecule has 2 fully saturated rings. The zero-order chi connectivity index (χ0) is 24.8. The highest BCUT2D eigenvalue weighted by Crippen LogP contribution is 2.33. The van der Waals surface area contributed by atoms with Crippen LogP contribution < -0.4 is 5.32 Å². The Morgan fingerprint density at radius 3 is 2.69 bits per heavy atom. The lowest BCUT2D eigenvalue weighted by Gasteiger charge is -2.27. The first-order valence-electron chi connectivity index (χ1n) is 13.9. The second-order valence-corrected chi connectivity index (χ2v) is 11.3. The van der Waals surface area contributed by atoms with E-state index in [0.717, 1.165) is 62.2 Å². The van der Waals surface area contributed by atoms with Crippen LogP contribution in [0.5, 0.6) is 0 Å². The fraction of sp³-hybridized carbons (Fsp3) is 0.724. The van der Waals surface area contributed by atoms with E-state index in [9.17, 15) is 9.59 Å². The summed E-state index contributed by atoms with van der Waals surface area (Å²) in [6.07, 6.45) is 7.09. The van der Waals surface area contributed by atoms with Crippen molar-refractivity contribution in [2.45, 2.75) is 71.8 Å². The molecule has 0 radical (unpaired) electrons. The molecule has 1 N–H and O–H groups in total. The number of ether oxygens (including phenoxy) is 1. The van der Waals surface area contributed by atoms with Crippen LogP contribution in [-0.2, 0) is 27.2 Å². The Morgan fingerprint density at radius 2 is 1.94 bits per heavy atom. The van der Waals surface area contributed by atoms with Crippen molar-refractivity contribution in [3.05, 3.63) is 29.3 Å². The van der Waals surface area contributed by atoms with Crippen LogP contribution in [0, 0.1) is 17.8 Å². The van der Waals surface area contributed by atoms with Gasteiger partial charge in [-0.2, -0.15) is 0 Å². The van der Waals surface area contributed by atoms with Gasteiger partial charge in [-0.3, -0.25) is 14.5 Å². The minimum Gasteiger partial charge on any atom is -0.380 e. The summed E-state index contributed by atoms with van der Waals surface area (Å²) >= 11 is 0. The summed E-state index contributed by atoms with van der Waals surface area (Å²) in [6, 6.07) is 6.69. The van der Waals surface area contributed by atoms with E-state index in [-0.39, 0.29) is 18.2 Å². The summed E-state index contributed by atoms with van der Waals surface area (Å²) in [5, 5.41) is 3.55. The predicted octanol–water partition coefficient (Wildman–Crippen LogP) is 4.17. The highest BCUT2D eigenvalue weighted by Gasteiger charge is 2.29. The number of ketones is 1. The first-order valence-corrected chi connectivity index (χ1v) is 13.9. The van der Waals surface area contributed by atoms with E-state index < -0.39 is 0 Å². The van der Waals surface area contributed by atoms with Crippen LogP contribution >= 0.6 is 0 Å². The van der Waals surface area contributed by atoms with Crippen molar-refractivity contribution in [3.63, 3.8) is 0 Å². The minimum atomic E-state index is 0.0701. The Bertz CT molecular complexity index is 865. The summed E-state index contributed by atoms with van der Waals surface area (Å²) in [7, 11) is 0. The van der Waals surface area contributed by atoms with Crippen molar-refractivity contribution in [1.29, 1.82) is 0 Å². The van der Waals surface area contributed by atoms with Crippen molar-refractivity contribution in [1.82, 2.24) is 9.80 Å². The lowest BCUT2D eigenvalue weighted by Crippen LogP contribution is -2.41. The molecule has 3 heterocycles. The van der Waals surface area contributed by atoms with E-state index in [0.29, 0.717) is 31.5 Å². The third kappa shape index (κ3) is 7.07. The van der Waals surface area contributed by atoms with Gasteiger partial charge in [-0.05, 0) is 79.8 Å². The number of nitrogens with zero attached hydrogens (tertiary/aromatic N) is 2. The molecule has 3 unspecified atom stereocenters. The zero-order valence-corrected chi connectivity index (χ0v) is 22.1. The lowest BCUT2D eigenvalue weighted by atomic mass is 9.78. The number of hydrogen-bond donors (Lipinski definition) is 1. The van der Waals surface area contributed by atoms with Crippen LogP contribution in [0.3, 0.4) is 0 Å². The average Bonchev–Trinajstić information content (AvgIpc) is 3.18. The number of carbonyl (C=O) groups excluding carboxylic acids is 2. The number of nitrogens with one attached hydrogen (secondary N) is 1. The molecular weight excluding hydrogens is 438 g/mol. The van der Waals surface area contributed by atoms with Crippen molar-refractivity contribution in [3.8, 4) is 0 Å². The normalized spacial score (nSPS) is 25.9. The van der Waals surface area contributed by atoms with Gasteiger partial charge in [0.25, 0.3) is 0 Å². The van der Waals surface area contributed by atoms with E-state index in [2.05, 4.69) is 49.2 Å². The maximum absolute atomic E-state index is 13.0. The van der Waals surface area contributed by atoms with Gasteiger partial charge in [0.2, 0.25) is 5.91 Å². The van der Waals surface area contributed by atoms with Crippen LogP contribution in [0.2, 0.25) is 0 Å². The topological polar surface area (TPSA) is 61.9 Å². The van der Waals surface area contributed by atoms with Crippen LogP contribution in [0.1, 0.15) is 64.0 Å². The molecule has 35 heavy (non-hydrogen) atoms. The summed E-state index contributed by atoms with van der Waals surface area (Å²) in [5.74, 6) is 2.46. The highest BCUT2D eigenvalue weighted by atomic mass is 16.5. The number of hydrogen-bond acceptors (Lipinski definition) is 5. The summed E-state index contributed by atoms with van der Waals surface area (Å²) < 4.78 is 5.47. The molecule has 0 aliphatic carbocycles. The molecule has 3 aliphatic heterocycles. The molecule has 3 aliphatic rings. The fourth-order valence-electron chi connectivity index (χ4n) is 6.35. The molecule has 1 aromatic rings. The fourth-order valence-corrected chi connectivity index (χ4v) is 6.35. The molecule has 1 amide bonds. The molecule has 3 atom stereocenters. The van der Waals surface area contributed by atoms with Gasteiger partial charge in [0.15, 0.2) is 5.78 Å². The molecule has 2 saturated heterocycles. The Morgan fingerprint density at radius 1 is 1.11 bits per heavy atom. The molecule has 6 heteroatoms. The van der Waals surface area contributed by atoms with Crippen molar-refractivity contribution in [2.75, 3.05) is 51.3 Å². The van der Waals surface area contributed by atoms with Crippen LogP contribution in [0.25, 0.3) is 0 Å². The predicted molar refractivity (Wildman–Crippen MR) is 141 cm³/mol. The van der Waals surface area contributed by atoms with Gasteiger partial charge in [0.05, 0.1) is 32.2 Å². The molecule has 0 saturated carbocycles. The van der Waals surface area contributed by atoms with Crippen molar-refractivity contribution < 1.29 is 14.3 Å². The number of likely N-dealkylation sites (tertiary alicyclic amines) is 1. The third-order valence-electron chi connectivity index (χ3n) is 8.34. The van der Waals surface area contributed by atoms with Gasteiger partial charge < -0.3 is 15.0 Å². The number of Topliss-reactive ketones (excluding diaryl/α,β-unsaturated/α-hetero) is 1. The SMILES string of the molecule is CCCC1CCN(CC(=O)CN2CCc3cc(NC4CCOC4)ccc3CC2=O)CCC1C(C)C. The number of rotatable bonds is 9. The number of anilines is 1. The molecule has 0 bridgehead atoms. The molecule has 4 rings (SSSR count). The summed E-state index contributed by atoms with van der Waals surface area (Å²) in [6.45, 7) is 11.9. The first-order chi connectivity index (χ1) is 16.9. The smallest absolute Gasteiger partial charge is 0.227 e. The Labute approximate surface area is 211 Å². The van der Waals surface area contributed by atoms with Gasteiger partial charge in [0, 0.05) is 18.8 Å². The van der Waals surface area contributed by atoms with Crippen molar-refractivity contribution in [2.24, 2.45) is 17.8 Å². The quantitative estimate of drug-likeness (QED) is 0.571. The maximum Gasteiger partial charge on any atom is 0.227 e. The maximum atomic E-state index is 13.0. The second-order valence-electron chi connectivity index (χ2n) is 11.3. The number of benzene rings is 1. The van der Waals surface area contributed by atoms with Crippen molar-refractivity contribution >= 4 is 17.4 Å². The minimum absolute atomic E-state index is 0.0701. The zero-order valence-electron chi connectivity index (χ0n) is 22.1. The standard InChI is InChI=1S/C29H45N3O3/c1-4-5-22-8-12-31(13-10-28(22)21(2)3)18-27(33)19-32-14-9-24-16-25(30-26-11-15-35-20-26)7-6-23(24)17-29(32)34/h6-7,16,21-22,26,28,30H,4-5,8-15,17-20H2,1-3H3. The summed E-state index contributed by atoms with van der Waals surface area (Å²) in [5.41, 5.74) is 3.40. The molecule has 0 aromatic heterocycles. The summed E-state index contributed by atoms with van der Waals surface area (Å²) in [4.78, 5) is 30.1. The molecule has 6 nitrogen and oxygen atoms in total. The first kappa shape index (κ1) is 26.2. The van der Waals surface area contributed by atoms with Crippen LogP contribution in [-0.4, -0.2) is 73.5 Å². The van der Waals surface area contributed by atoms with E-state index in [4.69, 9.17) is 4.74 Å². The molecule has 0 spiro atoms. The number of carbonyl (C=O) groups is 2. The van der Waals surface area contributed by atoms with Crippen LogP contribution in [0.15, 0.2) is 18.2 Å². The van der Waals surface area contributed by atoms with Gasteiger partial charge >= 0.3 is 0 Å². The molecule has 194 valence electrons. The van der Waals surface area contributed by atoms with Gasteiger partial charge in [-0.15, -0.1) is 0 Å². The van der Waals surface area contributed by atoms with Crippen LogP contribution in [0.4, 0.5) is 5.69 Å². The second kappa shape index (κ2) is 12.4. The number of amides is 1. The van der Waals surface area contributed by atoms with Gasteiger partial charge in [-0.25, -0.2) is 0 Å². The lowest BCUT2D eigenvalue weighted by molar-refractivity contribution is -0.134. The largest absolute Gasteiger partial charge is 0.380 e. The Balaban J connectivity index is 1.30. The monoisotopic (exact) mass is 483 g/mol. The Kier molecular flexibility index (Phi) is 9.23.